The minimum atomic E-state index is -3.50. The fourth-order valence-corrected chi connectivity index (χ4v) is 4.81. The Kier molecular flexibility index (Phi) is 9.66. The number of rotatable bonds is 12. The summed E-state index contributed by atoms with van der Waals surface area (Å²) in [6, 6.07) is 9.42. The molecule has 0 unspecified atom stereocenters. The average Bonchev–Trinajstić information content (AvgIpc) is 2.83. The standard InChI is InChI=1S/C28H36F4O2/c1-3-5-6-7-20-8-10-21(11-9-20)22-12-15-24(16-13-22)34-28(31,32)19-18-23-14-17-25(33-4-2)27(30)26(23)29/h12-17,20-21H,3-11,18-19H2,1-2H3. The van der Waals surface area contributed by atoms with Gasteiger partial charge in [-0.25, -0.2) is 4.39 Å². The number of ether oxygens (including phenoxy) is 2. The summed E-state index contributed by atoms with van der Waals surface area (Å²) in [6.45, 7) is 4.05. The topological polar surface area (TPSA) is 18.5 Å². The minimum absolute atomic E-state index is 0.0698. The van der Waals surface area contributed by atoms with E-state index in [-0.39, 0.29) is 30.1 Å². The van der Waals surface area contributed by atoms with Gasteiger partial charge in [0.1, 0.15) is 5.75 Å². The van der Waals surface area contributed by atoms with Crippen molar-refractivity contribution in [2.75, 3.05) is 6.61 Å². The number of hydrogen-bond donors (Lipinski definition) is 0. The Morgan fingerprint density at radius 1 is 0.882 bits per heavy atom. The molecule has 0 heterocycles. The summed E-state index contributed by atoms with van der Waals surface area (Å²) in [5.74, 6) is -1.19. The molecule has 0 radical (unpaired) electrons. The van der Waals surface area contributed by atoms with Crippen molar-refractivity contribution in [1.82, 2.24) is 0 Å². The fourth-order valence-electron chi connectivity index (χ4n) is 4.81. The van der Waals surface area contributed by atoms with Gasteiger partial charge in [0.25, 0.3) is 0 Å². The zero-order valence-electron chi connectivity index (χ0n) is 20.2. The van der Waals surface area contributed by atoms with Crippen LogP contribution in [0, 0.1) is 17.6 Å². The van der Waals surface area contributed by atoms with E-state index in [4.69, 9.17) is 9.47 Å². The van der Waals surface area contributed by atoms with Crippen molar-refractivity contribution in [1.29, 1.82) is 0 Å². The Hall–Kier alpha value is -2.24. The summed E-state index contributed by atoms with van der Waals surface area (Å²) < 4.78 is 66.8. The first-order valence-corrected chi connectivity index (χ1v) is 12.6. The van der Waals surface area contributed by atoms with Crippen molar-refractivity contribution >= 4 is 0 Å². The van der Waals surface area contributed by atoms with Crippen molar-refractivity contribution in [2.45, 2.75) is 90.1 Å². The van der Waals surface area contributed by atoms with Gasteiger partial charge in [-0.1, -0.05) is 50.8 Å². The highest BCUT2D eigenvalue weighted by molar-refractivity contribution is 5.32. The molecule has 2 nitrogen and oxygen atoms in total. The van der Waals surface area contributed by atoms with Gasteiger partial charge in [-0.2, -0.15) is 13.2 Å². The van der Waals surface area contributed by atoms with Gasteiger partial charge in [0.15, 0.2) is 11.6 Å². The molecule has 0 bridgehead atoms. The molecule has 0 spiro atoms. The van der Waals surface area contributed by atoms with E-state index in [9.17, 15) is 17.6 Å². The van der Waals surface area contributed by atoms with Gasteiger partial charge in [0.05, 0.1) is 13.0 Å². The lowest BCUT2D eigenvalue weighted by atomic mass is 9.77. The third-order valence-corrected chi connectivity index (χ3v) is 6.79. The van der Waals surface area contributed by atoms with Gasteiger partial charge in [-0.3, -0.25) is 0 Å². The Labute approximate surface area is 200 Å². The third kappa shape index (κ3) is 7.38. The summed E-state index contributed by atoms with van der Waals surface area (Å²) >= 11 is 0. The Balaban J connectivity index is 1.50. The molecule has 2 aromatic carbocycles. The van der Waals surface area contributed by atoms with Crippen LogP contribution in [-0.2, 0) is 6.42 Å². The molecule has 1 aliphatic carbocycles. The summed E-state index contributed by atoms with van der Waals surface area (Å²) in [5.41, 5.74) is 1.03. The van der Waals surface area contributed by atoms with E-state index in [0.717, 1.165) is 24.3 Å². The highest BCUT2D eigenvalue weighted by Crippen LogP contribution is 2.38. The number of unbranched alkanes of at least 4 members (excludes halogenated alkanes) is 2. The minimum Gasteiger partial charge on any atom is -0.491 e. The molecule has 1 fully saturated rings. The number of hydrogen-bond acceptors (Lipinski definition) is 2. The van der Waals surface area contributed by atoms with E-state index in [2.05, 4.69) is 6.92 Å². The van der Waals surface area contributed by atoms with E-state index in [0.29, 0.717) is 5.92 Å². The van der Waals surface area contributed by atoms with E-state index in [1.54, 1.807) is 19.1 Å². The van der Waals surface area contributed by atoms with Crippen molar-refractivity contribution < 1.29 is 27.0 Å². The van der Waals surface area contributed by atoms with Crippen LogP contribution in [0.2, 0.25) is 0 Å². The second kappa shape index (κ2) is 12.5. The fraction of sp³-hybridized carbons (Fsp3) is 0.571. The summed E-state index contributed by atoms with van der Waals surface area (Å²) in [5, 5.41) is 0. The Morgan fingerprint density at radius 2 is 1.59 bits per heavy atom. The highest BCUT2D eigenvalue weighted by atomic mass is 19.3. The molecule has 6 heteroatoms. The van der Waals surface area contributed by atoms with E-state index < -0.39 is 24.2 Å². The molecule has 0 atom stereocenters. The summed E-state index contributed by atoms with van der Waals surface area (Å²) in [6.07, 6.45) is 5.29. The van der Waals surface area contributed by atoms with Crippen LogP contribution in [0.25, 0.3) is 0 Å². The molecule has 0 aromatic heterocycles. The SMILES string of the molecule is CCCCCC1CCC(c2ccc(OC(F)(F)CCc3ccc(OCC)c(F)c3F)cc2)CC1. The van der Waals surface area contributed by atoms with E-state index in [1.165, 1.54) is 50.7 Å². The molecule has 0 aliphatic heterocycles. The van der Waals surface area contributed by atoms with Gasteiger partial charge >= 0.3 is 6.11 Å². The Morgan fingerprint density at radius 3 is 2.24 bits per heavy atom. The molecule has 1 saturated carbocycles. The van der Waals surface area contributed by atoms with Crippen LogP contribution >= 0.6 is 0 Å². The second-order valence-corrected chi connectivity index (χ2v) is 9.31. The van der Waals surface area contributed by atoms with Crippen molar-refractivity contribution in [3.05, 3.63) is 59.2 Å². The molecule has 34 heavy (non-hydrogen) atoms. The monoisotopic (exact) mass is 480 g/mol. The van der Waals surface area contributed by atoms with Gasteiger partial charge in [-0.05, 0) is 80.2 Å². The number of alkyl halides is 2. The molecule has 0 saturated heterocycles. The molecule has 3 rings (SSSR count). The highest BCUT2D eigenvalue weighted by Gasteiger charge is 2.32. The first-order valence-electron chi connectivity index (χ1n) is 12.6. The largest absolute Gasteiger partial charge is 0.491 e. The molecule has 2 aromatic rings. The van der Waals surface area contributed by atoms with Crippen LogP contribution in [0.15, 0.2) is 36.4 Å². The van der Waals surface area contributed by atoms with Crippen LogP contribution in [-0.4, -0.2) is 12.7 Å². The predicted molar refractivity (Wildman–Crippen MR) is 127 cm³/mol. The smallest absolute Gasteiger partial charge is 0.398 e. The third-order valence-electron chi connectivity index (χ3n) is 6.79. The molecular weight excluding hydrogens is 444 g/mol. The maximum atomic E-state index is 14.4. The maximum Gasteiger partial charge on any atom is 0.398 e. The lowest BCUT2D eigenvalue weighted by Gasteiger charge is -2.29. The van der Waals surface area contributed by atoms with Crippen LogP contribution in [0.1, 0.15) is 88.7 Å². The first-order chi connectivity index (χ1) is 16.3. The average molecular weight is 481 g/mol. The second-order valence-electron chi connectivity index (χ2n) is 9.31. The quantitative estimate of drug-likeness (QED) is 0.223. The lowest BCUT2D eigenvalue weighted by molar-refractivity contribution is -0.180. The molecule has 0 amide bonds. The Bertz CT molecular complexity index is 890. The van der Waals surface area contributed by atoms with Crippen LogP contribution < -0.4 is 9.47 Å². The van der Waals surface area contributed by atoms with Gasteiger partial charge in [-0.15, -0.1) is 0 Å². The van der Waals surface area contributed by atoms with Crippen LogP contribution in [0.5, 0.6) is 11.5 Å². The predicted octanol–water partition coefficient (Wildman–Crippen LogP) is 8.82. The van der Waals surface area contributed by atoms with Crippen molar-refractivity contribution in [3.63, 3.8) is 0 Å². The van der Waals surface area contributed by atoms with E-state index in [1.807, 2.05) is 12.1 Å². The number of halogens is 4. The van der Waals surface area contributed by atoms with E-state index >= 15 is 0 Å². The zero-order chi connectivity index (χ0) is 24.6. The van der Waals surface area contributed by atoms with Crippen LogP contribution in [0.4, 0.5) is 17.6 Å². The molecule has 188 valence electrons. The van der Waals surface area contributed by atoms with Crippen LogP contribution in [0.3, 0.4) is 0 Å². The summed E-state index contributed by atoms with van der Waals surface area (Å²) in [7, 11) is 0. The molecule has 0 N–H and O–H groups in total. The van der Waals surface area contributed by atoms with Gasteiger partial charge in [0, 0.05) is 0 Å². The zero-order valence-corrected chi connectivity index (χ0v) is 20.2. The normalized spacial score (nSPS) is 18.6. The summed E-state index contributed by atoms with van der Waals surface area (Å²) in [4.78, 5) is 0. The lowest BCUT2D eigenvalue weighted by Crippen LogP contribution is -2.25. The van der Waals surface area contributed by atoms with Crippen molar-refractivity contribution in [3.8, 4) is 11.5 Å². The van der Waals surface area contributed by atoms with Gasteiger partial charge in [0.2, 0.25) is 5.82 Å². The number of benzene rings is 2. The maximum absolute atomic E-state index is 14.4. The first kappa shape index (κ1) is 26.4. The van der Waals surface area contributed by atoms with Gasteiger partial charge < -0.3 is 9.47 Å². The molecule has 1 aliphatic rings. The van der Waals surface area contributed by atoms with Crippen molar-refractivity contribution in [2.24, 2.45) is 5.92 Å². The molecular formula is C28H36F4O2. The number of aryl methyl sites for hydroxylation is 1.